The zero-order chi connectivity index (χ0) is 30.9. The number of halogens is 4. The van der Waals surface area contributed by atoms with Gasteiger partial charge in [0.05, 0.1) is 34.1 Å². The standard InChI is InChI=1S/C28H28ClF3N8O3/c1-3-9-40-16-19(23(36-40)28(30,31)32)22-15-34-24(37(22)2)25(41)35-17-6-7-18(20(29)14-17)26(42)38-10-12-39(13-11-38)27(43)21-5-4-8-33-21/h1,6-7,14-16,21,33H,4-5,8-13H2,2H3,(H,35,41)/t21-/m1/s1. The number of hydrogen-bond donors (Lipinski definition) is 2. The van der Waals surface area contributed by atoms with Crippen LogP contribution < -0.4 is 10.6 Å². The zero-order valence-electron chi connectivity index (χ0n) is 23.1. The number of benzene rings is 1. The molecule has 0 bridgehead atoms. The molecule has 2 aromatic heterocycles. The molecule has 2 N–H and O–H groups in total. The topological polar surface area (TPSA) is 117 Å². The Labute approximate surface area is 250 Å². The first-order chi connectivity index (χ1) is 20.5. The molecule has 226 valence electrons. The molecule has 11 nitrogen and oxygen atoms in total. The Kier molecular flexibility index (Phi) is 8.48. The van der Waals surface area contributed by atoms with Crippen molar-refractivity contribution in [3.05, 3.63) is 52.7 Å². The largest absolute Gasteiger partial charge is 0.435 e. The van der Waals surface area contributed by atoms with Crippen molar-refractivity contribution in [2.75, 3.05) is 38.0 Å². The predicted molar refractivity (Wildman–Crippen MR) is 151 cm³/mol. The normalized spacial score (nSPS) is 17.2. The molecule has 15 heteroatoms. The van der Waals surface area contributed by atoms with Crippen molar-refractivity contribution in [3.8, 4) is 23.6 Å². The first-order valence-electron chi connectivity index (χ1n) is 13.5. The number of carbonyl (C=O) groups excluding carboxylic acids is 3. The highest BCUT2D eigenvalue weighted by molar-refractivity contribution is 6.34. The van der Waals surface area contributed by atoms with E-state index in [1.165, 1.54) is 29.8 Å². The van der Waals surface area contributed by atoms with Crippen LogP contribution in [0.4, 0.5) is 18.9 Å². The molecule has 43 heavy (non-hydrogen) atoms. The van der Waals surface area contributed by atoms with Crippen LogP contribution >= 0.6 is 11.6 Å². The van der Waals surface area contributed by atoms with Crippen molar-refractivity contribution in [2.24, 2.45) is 7.05 Å². The van der Waals surface area contributed by atoms with Crippen LogP contribution in [0, 0.1) is 12.3 Å². The molecule has 1 atom stereocenters. The van der Waals surface area contributed by atoms with E-state index in [1.807, 2.05) is 0 Å². The SMILES string of the molecule is C#CCn1cc(-c2cnc(C(=O)Nc3ccc(C(=O)N4CCN(C(=O)[C@H]5CCCN5)CC4)c(Cl)c3)n2C)c(C(F)(F)F)n1. The number of nitrogens with zero attached hydrogens (tertiary/aromatic N) is 6. The van der Waals surface area contributed by atoms with E-state index < -0.39 is 17.8 Å². The van der Waals surface area contributed by atoms with Gasteiger partial charge in [0.25, 0.3) is 11.8 Å². The van der Waals surface area contributed by atoms with E-state index in [0.717, 1.165) is 36.5 Å². The molecular formula is C28H28ClF3N8O3. The molecule has 3 aromatic rings. The van der Waals surface area contributed by atoms with Gasteiger partial charge in [0, 0.05) is 45.1 Å². The van der Waals surface area contributed by atoms with Gasteiger partial charge in [0.2, 0.25) is 5.91 Å². The van der Waals surface area contributed by atoms with Crippen LogP contribution in [-0.4, -0.2) is 85.6 Å². The maximum atomic E-state index is 13.6. The van der Waals surface area contributed by atoms with E-state index in [1.54, 1.807) is 9.80 Å². The molecule has 5 rings (SSSR count). The van der Waals surface area contributed by atoms with E-state index in [-0.39, 0.29) is 57.8 Å². The molecule has 1 aromatic carbocycles. The molecule has 2 aliphatic heterocycles. The van der Waals surface area contributed by atoms with Gasteiger partial charge in [0.1, 0.15) is 6.54 Å². The highest BCUT2D eigenvalue weighted by Gasteiger charge is 2.38. The predicted octanol–water partition coefficient (Wildman–Crippen LogP) is 2.88. The Hall–Kier alpha value is -4.35. The molecule has 3 amide bonds. The van der Waals surface area contributed by atoms with Crippen LogP contribution in [0.3, 0.4) is 0 Å². The summed E-state index contributed by atoms with van der Waals surface area (Å²) in [5, 5.41) is 9.46. The van der Waals surface area contributed by atoms with Crippen molar-refractivity contribution >= 4 is 35.0 Å². The second-order valence-corrected chi connectivity index (χ2v) is 10.6. The van der Waals surface area contributed by atoms with E-state index in [0.29, 0.717) is 26.2 Å². The Bertz CT molecular complexity index is 1600. The number of rotatable bonds is 6. The van der Waals surface area contributed by atoms with Gasteiger partial charge >= 0.3 is 6.18 Å². The molecular weight excluding hydrogens is 589 g/mol. The average molecular weight is 617 g/mol. The van der Waals surface area contributed by atoms with Gasteiger partial charge in [-0.3, -0.25) is 19.1 Å². The Morgan fingerprint density at radius 1 is 1.19 bits per heavy atom. The van der Waals surface area contributed by atoms with Crippen LogP contribution in [0.5, 0.6) is 0 Å². The second-order valence-electron chi connectivity index (χ2n) is 10.2. The van der Waals surface area contributed by atoms with Crippen LogP contribution in [0.2, 0.25) is 5.02 Å². The van der Waals surface area contributed by atoms with E-state index in [4.69, 9.17) is 18.0 Å². The lowest BCUT2D eigenvalue weighted by atomic mass is 10.1. The molecule has 4 heterocycles. The van der Waals surface area contributed by atoms with Gasteiger partial charge in [-0.2, -0.15) is 18.3 Å². The molecule has 0 aliphatic carbocycles. The molecule has 0 unspecified atom stereocenters. The summed E-state index contributed by atoms with van der Waals surface area (Å²) in [6, 6.07) is 4.23. The summed E-state index contributed by atoms with van der Waals surface area (Å²) in [5.74, 6) is 1.13. The van der Waals surface area contributed by atoms with Crippen LogP contribution in [0.15, 0.2) is 30.6 Å². The molecule has 2 fully saturated rings. The van der Waals surface area contributed by atoms with E-state index in [2.05, 4.69) is 26.6 Å². The number of aromatic nitrogens is 4. The Morgan fingerprint density at radius 3 is 2.53 bits per heavy atom. The van der Waals surface area contributed by atoms with Gasteiger partial charge in [-0.25, -0.2) is 4.98 Å². The van der Waals surface area contributed by atoms with Crippen LogP contribution in [0.1, 0.15) is 39.5 Å². The maximum absolute atomic E-state index is 13.6. The third-order valence-electron chi connectivity index (χ3n) is 7.45. The Morgan fingerprint density at radius 2 is 1.91 bits per heavy atom. The fraction of sp³-hybridized carbons (Fsp3) is 0.393. The van der Waals surface area contributed by atoms with Gasteiger partial charge in [-0.1, -0.05) is 17.5 Å². The monoisotopic (exact) mass is 616 g/mol. The highest BCUT2D eigenvalue weighted by atomic mass is 35.5. The van der Waals surface area contributed by atoms with Crippen molar-refractivity contribution in [3.63, 3.8) is 0 Å². The fourth-order valence-electron chi connectivity index (χ4n) is 5.23. The van der Waals surface area contributed by atoms with E-state index in [9.17, 15) is 27.6 Å². The number of hydrogen-bond acceptors (Lipinski definition) is 6. The summed E-state index contributed by atoms with van der Waals surface area (Å²) in [7, 11) is 1.41. The minimum atomic E-state index is -4.75. The molecule has 2 saturated heterocycles. The summed E-state index contributed by atoms with van der Waals surface area (Å²) in [6.07, 6.45) is 4.54. The number of amides is 3. The lowest BCUT2D eigenvalue weighted by molar-refractivity contribution is -0.141. The van der Waals surface area contributed by atoms with Gasteiger partial charge < -0.3 is 25.0 Å². The summed E-state index contributed by atoms with van der Waals surface area (Å²) >= 11 is 6.42. The number of piperazine rings is 1. The minimum Gasteiger partial charge on any atom is -0.338 e. The van der Waals surface area contributed by atoms with Crippen molar-refractivity contribution < 1.29 is 27.6 Å². The van der Waals surface area contributed by atoms with E-state index >= 15 is 0 Å². The van der Waals surface area contributed by atoms with Gasteiger partial charge in [-0.15, -0.1) is 6.42 Å². The third-order valence-corrected chi connectivity index (χ3v) is 7.76. The average Bonchev–Trinajstić information content (AvgIpc) is 3.73. The molecule has 2 aliphatic rings. The van der Waals surface area contributed by atoms with Crippen molar-refractivity contribution in [2.45, 2.75) is 31.6 Å². The summed E-state index contributed by atoms with van der Waals surface area (Å²) < 4.78 is 43.1. The second kappa shape index (κ2) is 12.1. The minimum absolute atomic E-state index is 0.0148. The number of alkyl halides is 3. The maximum Gasteiger partial charge on any atom is 0.435 e. The van der Waals surface area contributed by atoms with Crippen LogP contribution in [0.25, 0.3) is 11.3 Å². The number of anilines is 1. The fourth-order valence-corrected chi connectivity index (χ4v) is 5.49. The molecule has 0 radical (unpaired) electrons. The zero-order valence-corrected chi connectivity index (χ0v) is 23.9. The first kappa shape index (κ1) is 30.1. The molecule has 0 saturated carbocycles. The lowest BCUT2D eigenvalue weighted by Crippen LogP contribution is -2.54. The number of nitrogens with one attached hydrogen (secondary N) is 2. The smallest absolute Gasteiger partial charge is 0.338 e. The Balaban J connectivity index is 1.25. The van der Waals surface area contributed by atoms with Crippen molar-refractivity contribution in [1.29, 1.82) is 0 Å². The first-order valence-corrected chi connectivity index (χ1v) is 13.9. The van der Waals surface area contributed by atoms with Gasteiger partial charge in [-0.05, 0) is 37.6 Å². The summed E-state index contributed by atoms with van der Waals surface area (Å²) in [6.45, 7) is 2.25. The summed E-state index contributed by atoms with van der Waals surface area (Å²) in [5.41, 5.74) is -0.916. The molecule has 0 spiro atoms. The highest BCUT2D eigenvalue weighted by Crippen LogP contribution is 2.36. The van der Waals surface area contributed by atoms with Crippen LogP contribution in [-0.2, 0) is 24.6 Å². The number of imidazole rings is 1. The lowest BCUT2D eigenvalue weighted by Gasteiger charge is -2.36. The third kappa shape index (κ3) is 6.23. The van der Waals surface area contributed by atoms with Gasteiger partial charge in [0.15, 0.2) is 11.5 Å². The number of terminal acetylenes is 1. The quantitative estimate of drug-likeness (QED) is 0.412. The van der Waals surface area contributed by atoms with Crippen molar-refractivity contribution in [1.82, 2.24) is 34.4 Å². The number of carbonyl (C=O) groups is 3. The summed E-state index contributed by atoms with van der Waals surface area (Å²) in [4.78, 5) is 46.2.